The van der Waals surface area contributed by atoms with Gasteiger partial charge in [0, 0.05) is 6.42 Å². The van der Waals surface area contributed by atoms with E-state index in [1.807, 2.05) is 6.08 Å². The monoisotopic (exact) mass is 1080 g/mol. The smallest absolute Gasteiger partial charge is 0.220 e. The lowest BCUT2D eigenvalue weighted by molar-refractivity contribution is -0.302. The lowest BCUT2D eigenvalue weighted by Gasteiger charge is -2.40. The molecule has 9 heteroatoms. The van der Waals surface area contributed by atoms with Crippen molar-refractivity contribution in [3.63, 3.8) is 0 Å². The Morgan fingerprint density at radius 3 is 1.23 bits per heavy atom. The van der Waals surface area contributed by atoms with Crippen molar-refractivity contribution in [1.29, 1.82) is 0 Å². The standard InChI is InChI=1S/C69H111NO8/c1-3-5-7-9-11-13-15-17-19-20-21-22-23-24-25-26-27-28-29-30-31-32-33-34-35-36-37-38-39-40-41-42-43-44-45-47-49-51-53-55-57-59-65(73)70-62(61-77-69-68(76)67(75)66(74)64(60-71)78-69)63(72)58-56-54-52-50-48-46-18-16-14-12-10-8-6-4-2/h5,7,11,13-14,16-17,19,21-22,24-25,27-28,30-31,33-34,36-37,39-40,48,50,56,58,62-64,66-69,71-72,74-76H,3-4,6,8-10,12,15,18,20,23,26,29,32,35,38,41-47,49,51-55,57,59-61H2,1-2H3,(H,70,73)/b7-5-,13-11-,16-14+,19-17-,22-21-,25-24-,28-27-,31-30-,34-33-,37-36-,40-39-,50-48+,58-56+. The molecule has 6 N–H and O–H groups in total. The molecule has 0 aromatic carbocycles. The van der Waals surface area contributed by atoms with E-state index in [1.165, 1.54) is 64.2 Å². The van der Waals surface area contributed by atoms with E-state index < -0.39 is 49.5 Å². The highest BCUT2D eigenvalue weighted by atomic mass is 16.7. The zero-order chi connectivity index (χ0) is 56.5. The predicted octanol–water partition coefficient (Wildman–Crippen LogP) is 16.0. The molecule has 1 aliphatic rings. The molecule has 1 aliphatic heterocycles. The second kappa shape index (κ2) is 56.1. The molecule has 1 heterocycles. The number of aliphatic hydroxyl groups excluding tert-OH is 5. The Balaban J connectivity index is 2.16. The van der Waals surface area contributed by atoms with Crippen LogP contribution in [-0.4, -0.2) is 87.5 Å². The molecule has 1 amide bonds. The van der Waals surface area contributed by atoms with Crippen LogP contribution in [0.2, 0.25) is 0 Å². The highest BCUT2D eigenvalue weighted by molar-refractivity contribution is 5.76. The molecule has 7 atom stereocenters. The molecule has 7 unspecified atom stereocenters. The van der Waals surface area contributed by atoms with Gasteiger partial charge in [-0.05, 0) is 122 Å². The number of amides is 1. The van der Waals surface area contributed by atoms with Gasteiger partial charge in [-0.3, -0.25) is 4.79 Å². The van der Waals surface area contributed by atoms with E-state index in [0.29, 0.717) is 6.42 Å². The molecule has 1 fully saturated rings. The minimum atomic E-state index is -1.58. The van der Waals surface area contributed by atoms with E-state index in [1.54, 1.807) is 6.08 Å². The van der Waals surface area contributed by atoms with Gasteiger partial charge in [-0.1, -0.05) is 242 Å². The van der Waals surface area contributed by atoms with E-state index in [9.17, 15) is 30.3 Å². The number of hydrogen-bond donors (Lipinski definition) is 6. The first kappa shape index (κ1) is 71.8. The van der Waals surface area contributed by atoms with Crippen molar-refractivity contribution in [2.75, 3.05) is 13.2 Å². The topological polar surface area (TPSA) is 149 Å². The number of ether oxygens (including phenoxy) is 2. The summed E-state index contributed by atoms with van der Waals surface area (Å²) in [5, 5.41) is 54.4. The fourth-order valence-electron chi connectivity index (χ4n) is 8.51. The van der Waals surface area contributed by atoms with Crippen molar-refractivity contribution in [2.24, 2.45) is 0 Å². The molecule has 0 aromatic heterocycles. The third-order valence-electron chi connectivity index (χ3n) is 13.3. The summed E-state index contributed by atoms with van der Waals surface area (Å²) in [6.07, 6.45) is 81.8. The number of rotatable bonds is 50. The first-order valence-electron chi connectivity index (χ1n) is 30.7. The van der Waals surface area contributed by atoms with Crippen LogP contribution in [0.1, 0.15) is 213 Å². The van der Waals surface area contributed by atoms with Crippen LogP contribution in [0, 0.1) is 0 Å². The van der Waals surface area contributed by atoms with Gasteiger partial charge in [-0.2, -0.15) is 0 Å². The number of nitrogens with one attached hydrogen (secondary N) is 1. The summed E-state index contributed by atoms with van der Waals surface area (Å²) >= 11 is 0. The van der Waals surface area contributed by atoms with Gasteiger partial charge in [0.1, 0.15) is 24.4 Å². The van der Waals surface area contributed by atoms with E-state index >= 15 is 0 Å². The molecule has 440 valence electrons. The Labute approximate surface area is 475 Å². The van der Waals surface area contributed by atoms with Crippen LogP contribution in [-0.2, 0) is 14.3 Å². The second-order valence-corrected chi connectivity index (χ2v) is 20.4. The third-order valence-corrected chi connectivity index (χ3v) is 13.3. The predicted molar refractivity (Wildman–Crippen MR) is 331 cm³/mol. The minimum absolute atomic E-state index is 0.203. The summed E-state index contributed by atoms with van der Waals surface area (Å²) < 4.78 is 11.2. The Kier molecular flexibility index (Phi) is 51.7. The second-order valence-electron chi connectivity index (χ2n) is 20.4. The SMILES string of the molecule is CC/C=C\C/C=C\C/C=C\C/C=C\C/C=C\C/C=C\C/C=C\C/C=C\C/C=C\C/C=C\CCCCCCCCCCCCC(=O)NC(COC1OC(CO)C(O)C(O)C1O)C(O)/C=C/CC/C=C/CC/C=C/CCCCCC. The Hall–Kier alpha value is -4.19. The zero-order valence-electron chi connectivity index (χ0n) is 48.8. The molecule has 0 aliphatic carbocycles. The van der Waals surface area contributed by atoms with Gasteiger partial charge in [0.05, 0.1) is 25.4 Å². The number of carbonyl (C=O) groups is 1. The summed E-state index contributed by atoms with van der Waals surface area (Å²) in [5.74, 6) is -0.203. The van der Waals surface area contributed by atoms with Crippen molar-refractivity contribution >= 4 is 5.91 Å². The van der Waals surface area contributed by atoms with Gasteiger partial charge >= 0.3 is 0 Å². The maximum atomic E-state index is 13.0. The number of hydrogen-bond acceptors (Lipinski definition) is 8. The molecular weight excluding hydrogens is 971 g/mol. The van der Waals surface area contributed by atoms with Crippen molar-refractivity contribution in [2.45, 2.75) is 256 Å². The van der Waals surface area contributed by atoms with Gasteiger partial charge in [-0.25, -0.2) is 0 Å². The van der Waals surface area contributed by atoms with Crippen LogP contribution < -0.4 is 5.32 Å². The Morgan fingerprint density at radius 1 is 0.449 bits per heavy atom. The number of carbonyl (C=O) groups excluding carboxylic acids is 1. The average molecular weight is 1080 g/mol. The summed E-state index contributed by atoms with van der Waals surface area (Å²) in [5.41, 5.74) is 0. The summed E-state index contributed by atoms with van der Waals surface area (Å²) in [6, 6.07) is -0.841. The zero-order valence-corrected chi connectivity index (χ0v) is 48.8. The van der Waals surface area contributed by atoms with E-state index in [0.717, 1.165) is 128 Å². The highest BCUT2D eigenvalue weighted by Gasteiger charge is 2.44. The largest absolute Gasteiger partial charge is 0.394 e. The number of allylic oxidation sites excluding steroid dienone is 25. The first-order chi connectivity index (χ1) is 38.3. The van der Waals surface area contributed by atoms with Crippen molar-refractivity contribution in [3.8, 4) is 0 Å². The quantitative estimate of drug-likeness (QED) is 0.0261. The lowest BCUT2D eigenvalue weighted by Crippen LogP contribution is -2.60. The van der Waals surface area contributed by atoms with Crippen LogP contribution >= 0.6 is 0 Å². The average Bonchev–Trinajstić information content (AvgIpc) is 3.46. The highest BCUT2D eigenvalue weighted by Crippen LogP contribution is 2.23. The molecule has 78 heavy (non-hydrogen) atoms. The molecule has 0 bridgehead atoms. The van der Waals surface area contributed by atoms with Crippen LogP contribution in [0.3, 0.4) is 0 Å². The number of unbranched alkanes of at least 4 members (excludes halogenated alkanes) is 16. The van der Waals surface area contributed by atoms with E-state index in [4.69, 9.17) is 9.47 Å². The van der Waals surface area contributed by atoms with Crippen LogP contribution in [0.25, 0.3) is 0 Å². The molecule has 1 rings (SSSR count). The lowest BCUT2D eigenvalue weighted by atomic mass is 9.99. The first-order valence-corrected chi connectivity index (χ1v) is 30.7. The fraction of sp³-hybridized carbons (Fsp3) is 0.609. The molecule has 1 saturated heterocycles. The summed E-state index contributed by atoms with van der Waals surface area (Å²) in [7, 11) is 0. The van der Waals surface area contributed by atoms with Crippen molar-refractivity contribution in [3.05, 3.63) is 158 Å². The molecule has 9 nitrogen and oxygen atoms in total. The van der Waals surface area contributed by atoms with E-state index in [-0.39, 0.29) is 12.5 Å². The maximum Gasteiger partial charge on any atom is 0.220 e. The molecule has 0 aromatic rings. The summed E-state index contributed by atoms with van der Waals surface area (Å²) in [6.45, 7) is 3.60. The molecular formula is C69H111NO8. The molecule has 0 spiro atoms. The van der Waals surface area contributed by atoms with Crippen molar-refractivity contribution < 1.29 is 39.8 Å². The van der Waals surface area contributed by atoms with E-state index in [2.05, 4.69) is 165 Å². The van der Waals surface area contributed by atoms with Gasteiger partial charge in [-0.15, -0.1) is 0 Å². The third kappa shape index (κ3) is 44.6. The fourth-order valence-corrected chi connectivity index (χ4v) is 8.51. The summed E-state index contributed by atoms with van der Waals surface area (Å²) in [4.78, 5) is 13.0. The van der Waals surface area contributed by atoms with Gasteiger partial charge in [0.2, 0.25) is 5.91 Å². The maximum absolute atomic E-state index is 13.0. The minimum Gasteiger partial charge on any atom is -0.394 e. The molecule has 0 radical (unpaired) electrons. The van der Waals surface area contributed by atoms with Crippen LogP contribution in [0.15, 0.2) is 158 Å². The van der Waals surface area contributed by atoms with Gasteiger partial charge < -0.3 is 40.3 Å². The number of aliphatic hydroxyl groups is 5. The van der Waals surface area contributed by atoms with Gasteiger partial charge in [0.25, 0.3) is 0 Å². The Morgan fingerprint density at radius 2 is 0.808 bits per heavy atom. The molecule has 0 saturated carbocycles. The van der Waals surface area contributed by atoms with Crippen LogP contribution in [0.4, 0.5) is 0 Å². The van der Waals surface area contributed by atoms with Crippen LogP contribution in [0.5, 0.6) is 0 Å². The van der Waals surface area contributed by atoms with Gasteiger partial charge in [0.15, 0.2) is 6.29 Å². The Bertz CT molecular complexity index is 1780. The van der Waals surface area contributed by atoms with Crippen molar-refractivity contribution in [1.82, 2.24) is 5.32 Å². The normalized spacial score (nSPS) is 19.8.